The Kier molecular flexibility index (Phi) is 6.28. The number of carbonyl (C=O) groups is 2. The van der Waals surface area contributed by atoms with E-state index < -0.39 is 5.60 Å². The van der Waals surface area contributed by atoms with Crippen LogP contribution in [0.4, 0.5) is 0 Å². The fraction of sp³-hybridized carbons (Fsp3) is 0.750. The van der Waals surface area contributed by atoms with Gasteiger partial charge in [0.25, 0.3) is 0 Å². The van der Waals surface area contributed by atoms with Gasteiger partial charge in [-0.05, 0) is 56.4 Å². The Labute approximate surface area is 174 Å². The molecule has 0 amide bonds. The van der Waals surface area contributed by atoms with E-state index in [4.69, 9.17) is 14.2 Å². The number of ether oxygens (including phenoxy) is 3. The van der Waals surface area contributed by atoms with Gasteiger partial charge in [-0.2, -0.15) is 0 Å². The molecular formula is C24H36O5. The van der Waals surface area contributed by atoms with Crippen molar-refractivity contribution < 1.29 is 23.8 Å². The van der Waals surface area contributed by atoms with Gasteiger partial charge in [0.15, 0.2) is 0 Å². The van der Waals surface area contributed by atoms with Crippen LogP contribution < -0.4 is 0 Å². The molecule has 2 saturated heterocycles. The highest BCUT2D eigenvalue weighted by molar-refractivity contribution is 5.67. The van der Waals surface area contributed by atoms with Crippen LogP contribution in [0.1, 0.15) is 66.7 Å². The third-order valence-electron chi connectivity index (χ3n) is 7.22. The van der Waals surface area contributed by atoms with Gasteiger partial charge in [-0.25, -0.2) is 0 Å². The minimum atomic E-state index is -0.780. The Hall–Kier alpha value is -1.62. The van der Waals surface area contributed by atoms with E-state index >= 15 is 0 Å². The summed E-state index contributed by atoms with van der Waals surface area (Å²) in [7, 11) is 0. The molecule has 0 aromatic carbocycles. The molecule has 0 aromatic heterocycles. The summed E-state index contributed by atoms with van der Waals surface area (Å²) < 4.78 is 18.2. The SMILES string of the molecule is C=C1CC2OC(C3C(C(C)C)CCC(=C)C23)C(C)(OC(C)=O)CCC1OC(C)=O. The summed E-state index contributed by atoms with van der Waals surface area (Å²) in [5, 5.41) is 0. The van der Waals surface area contributed by atoms with E-state index in [0.717, 1.165) is 18.4 Å². The minimum Gasteiger partial charge on any atom is -0.458 e. The molecule has 0 radical (unpaired) electrons. The molecule has 29 heavy (non-hydrogen) atoms. The topological polar surface area (TPSA) is 61.8 Å². The van der Waals surface area contributed by atoms with E-state index in [0.29, 0.717) is 31.1 Å². The van der Waals surface area contributed by atoms with Gasteiger partial charge in [0.05, 0.1) is 6.10 Å². The molecule has 5 heteroatoms. The smallest absolute Gasteiger partial charge is 0.303 e. The van der Waals surface area contributed by atoms with E-state index in [1.54, 1.807) is 0 Å². The molecule has 2 bridgehead atoms. The summed E-state index contributed by atoms with van der Waals surface area (Å²) >= 11 is 0. The summed E-state index contributed by atoms with van der Waals surface area (Å²) in [6.45, 7) is 18.0. The van der Waals surface area contributed by atoms with Crippen LogP contribution in [-0.4, -0.2) is 35.9 Å². The molecule has 7 atom stereocenters. The van der Waals surface area contributed by atoms with Gasteiger partial charge in [0, 0.05) is 25.7 Å². The molecule has 5 nitrogen and oxygen atoms in total. The van der Waals surface area contributed by atoms with Crippen molar-refractivity contribution in [1.82, 2.24) is 0 Å². The zero-order chi connectivity index (χ0) is 21.5. The molecule has 2 aliphatic heterocycles. The van der Waals surface area contributed by atoms with E-state index in [9.17, 15) is 9.59 Å². The van der Waals surface area contributed by atoms with E-state index in [1.165, 1.54) is 19.4 Å². The number of rotatable bonds is 3. The normalized spacial score (nSPS) is 39.9. The molecule has 7 unspecified atom stereocenters. The lowest BCUT2D eigenvalue weighted by Crippen LogP contribution is -2.50. The van der Waals surface area contributed by atoms with Crippen molar-refractivity contribution in [1.29, 1.82) is 0 Å². The first-order valence-electron chi connectivity index (χ1n) is 10.9. The van der Waals surface area contributed by atoms with Crippen molar-refractivity contribution in [2.45, 2.75) is 90.6 Å². The van der Waals surface area contributed by atoms with Crippen molar-refractivity contribution in [2.24, 2.45) is 23.7 Å². The van der Waals surface area contributed by atoms with Crippen LogP contribution in [0.3, 0.4) is 0 Å². The quantitative estimate of drug-likeness (QED) is 0.508. The first-order valence-corrected chi connectivity index (χ1v) is 10.9. The number of esters is 2. The van der Waals surface area contributed by atoms with Crippen molar-refractivity contribution in [3.63, 3.8) is 0 Å². The Bertz CT molecular complexity index is 695. The Morgan fingerprint density at radius 2 is 1.83 bits per heavy atom. The van der Waals surface area contributed by atoms with Crippen LogP contribution in [0.2, 0.25) is 0 Å². The van der Waals surface area contributed by atoms with Crippen LogP contribution in [0, 0.1) is 23.7 Å². The lowest BCUT2D eigenvalue weighted by Gasteiger charge is -2.45. The summed E-state index contributed by atoms with van der Waals surface area (Å²) in [5.41, 5.74) is 1.32. The maximum Gasteiger partial charge on any atom is 0.303 e. The summed E-state index contributed by atoms with van der Waals surface area (Å²) in [4.78, 5) is 23.7. The summed E-state index contributed by atoms with van der Waals surface area (Å²) in [6, 6.07) is 0. The fourth-order valence-electron chi connectivity index (χ4n) is 5.97. The average molecular weight is 405 g/mol. The van der Waals surface area contributed by atoms with Crippen LogP contribution in [0.15, 0.2) is 24.3 Å². The van der Waals surface area contributed by atoms with Gasteiger partial charge in [0.1, 0.15) is 17.8 Å². The second kappa shape index (κ2) is 8.25. The molecule has 0 aromatic rings. The second-order valence-electron chi connectivity index (χ2n) is 9.71. The highest BCUT2D eigenvalue weighted by Gasteiger charge is 2.58. The maximum absolute atomic E-state index is 12.0. The molecule has 2 heterocycles. The van der Waals surface area contributed by atoms with E-state index in [2.05, 4.69) is 27.0 Å². The monoisotopic (exact) mass is 404 g/mol. The number of hydrogen-bond acceptors (Lipinski definition) is 5. The fourth-order valence-corrected chi connectivity index (χ4v) is 5.97. The first-order chi connectivity index (χ1) is 13.5. The molecule has 3 rings (SSSR count). The number of fused-ring (bicyclic) bond motifs is 5. The summed E-state index contributed by atoms with van der Waals surface area (Å²) in [6.07, 6.45) is 3.20. The maximum atomic E-state index is 12.0. The molecule has 3 aliphatic rings. The van der Waals surface area contributed by atoms with Gasteiger partial charge >= 0.3 is 11.9 Å². The predicted molar refractivity (Wildman–Crippen MR) is 111 cm³/mol. The van der Waals surface area contributed by atoms with Gasteiger partial charge in [-0.3, -0.25) is 9.59 Å². The van der Waals surface area contributed by atoms with E-state index in [1.807, 2.05) is 6.92 Å². The Morgan fingerprint density at radius 1 is 1.14 bits per heavy atom. The predicted octanol–water partition coefficient (Wildman–Crippen LogP) is 4.60. The summed E-state index contributed by atoms with van der Waals surface area (Å²) in [5.74, 6) is 0.853. The molecule has 0 spiro atoms. The highest BCUT2D eigenvalue weighted by atomic mass is 16.6. The molecule has 162 valence electrons. The van der Waals surface area contributed by atoms with Crippen molar-refractivity contribution in [3.05, 3.63) is 24.3 Å². The van der Waals surface area contributed by atoms with Gasteiger partial charge < -0.3 is 14.2 Å². The lowest BCUT2D eigenvalue weighted by atomic mass is 9.61. The highest BCUT2D eigenvalue weighted by Crippen LogP contribution is 2.55. The molecular weight excluding hydrogens is 368 g/mol. The third kappa shape index (κ3) is 4.30. The third-order valence-corrected chi connectivity index (χ3v) is 7.22. The largest absolute Gasteiger partial charge is 0.458 e. The molecule has 1 saturated carbocycles. The first kappa shape index (κ1) is 22.1. The standard InChI is InChI=1S/C24H36O5/c1-13(2)18-9-8-14(3)21-20-12-15(4)19(27-16(5)25)10-11-24(7,29-17(6)26)23(28-20)22(18)21/h13,18-23H,3-4,8-12H2,1-2,5-7H3. The number of hydrogen-bond donors (Lipinski definition) is 0. The van der Waals surface area contributed by atoms with Crippen LogP contribution in [-0.2, 0) is 23.8 Å². The zero-order valence-electron chi connectivity index (χ0n) is 18.5. The lowest BCUT2D eigenvalue weighted by molar-refractivity contribution is -0.179. The van der Waals surface area contributed by atoms with Crippen molar-refractivity contribution in [3.8, 4) is 0 Å². The van der Waals surface area contributed by atoms with Gasteiger partial charge in [0.2, 0.25) is 0 Å². The Morgan fingerprint density at radius 3 is 2.41 bits per heavy atom. The minimum absolute atomic E-state index is 0.0717. The second-order valence-corrected chi connectivity index (χ2v) is 9.71. The number of carbonyl (C=O) groups excluding carboxylic acids is 2. The van der Waals surface area contributed by atoms with Crippen LogP contribution >= 0.6 is 0 Å². The van der Waals surface area contributed by atoms with E-state index in [-0.39, 0.29) is 42.1 Å². The average Bonchev–Trinajstić information content (AvgIpc) is 2.99. The van der Waals surface area contributed by atoms with Gasteiger partial charge in [-0.15, -0.1) is 0 Å². The van der Waals surface area contributed by atoms with Crippen LogP contribution in [0.25, 0.3) is 0 Å². The zero-order valence-corrected chi connectivity index (χ0v) is 18.5. The molecule has 1 aliphatic carbocycles. The molecule has 0 N–H and O–H groups in total. The van der Waals surface area contributed by atoms with Crippen molar-refractivity contribution in [2.75, 3.05) is 0 Å². The molecule has 3 fully saturated rings. The Balaban J connectivity index is 2.03. The van der Waals surface area contributed by atoms with Crippen LogP contribution in [0.5, 0.6) is 0 Å². The van der Waals surface area contributed by atoms with Gasteiger partial charge in [-0.1, -0.05) is 32.6 Å². The van der Waals surface area contributed by atoms with Crippen molar-refractivity contribution >= 4 is 11.9 Å².